The molecule has 4 N–H and O–H groups in total. The second-order valence-corrected chi connectivity index (χ2v) is 6.16. The Bertz CT molecular complexity index is 356. The van der Waals surface area contributed by atoms with Gasteiger partial charge in [0, 0.05) is 26.1 Å². The normalized spacial score (nSPS) is 13.1. The first-order valence-corrected chi connectivity index (χ1v) is 9.08. The molecule has 0 spiro atoms. The number of carbonyl (C=O) groups is 2. The molecule has 0 aromatic carbocycles. The van der Waals surface area contributed by atoms with Crippen molar-refractivity contribution in [2.75, 3.05) is 46.5 Å². The van der Waals surface area contributed by atoms with Crippen LogP contribution in [0.3, 0.4) is 0 Å². The van der Waals surface area contributed by atoms with E-state index in [1.54, 1.807) is 0 Å². The quantitative estimate of drug-likeness (QED) is 0.321. The molecule has 0 aliphatic rings. The van der Waals surface area contributed by atoms with Gasteiger partial charge in [-0.15, -0.1) is 0 Å². The summed E-state index contributed by atoms with van der Waals surface area (Å²) in [6.45, 7) is 8.76. The van der Waals surface area contributed by atoms with Crippen LogP contribution in [0.25, 0.3) is 0 Å². The van der Waals surface area contributed by atoms with E-state index in [0.717, 1.165) is 25.8 Å². The van der Waals surface area contributed by atoms with Crippen molar-refractivity contribution < 1.29 is 19.1 Å². The summed E-state index contributed by atoms with van der Waals surface area (Å²) in [6, 6.07) is -0.178. The van der Waals surface area contributed by atoms with Gasteiger partial charge in [-0.25, -0.2) is 4.79 Å². The molecule has 0 aliphatic carbocycles. The Labute approximate surface area is 151 Å². The minimum absolute atomic E-state index is 0.0153. The molecule has 0 heterocycles. The summed E-state index contributed by atoms with van der Waals surface area (Å²) < 4.78 is 11.0. The fourth-order valence-electron chi connectivity index (χ4n) is 2.12. The van der Waals surface area contributed by atoms with Crippen molar-refractivity contribution in [3.05, 3.63) is 0 Å². The summed E-state index contributed by atoms with van der Waals surface area (Å²) in [5.41, 5.74) is 0. The molecule has 0 rings (SSSR count). The summed E-state index contributed by atoms with van der Waals surface area (Å²) in [5, 5.41) is 11.5. The second-order valence-electron chi connectivity index (χ2n) is 6.16. The lowest BCUT2D eigenvalue weighted by Gasteiger charge is -2.16. The number of hydrogen-bond donors (Lipinski definition) is 4. The number of unbranched alkanes of at least 4 members (excludes halogenated alkanes) is 2. The van der Waals surface area contributed by atoms with Crippen molar-refractivity contribution in [3.8, 4) is 0 Å². The highest BCUT2D eigenvalue weighted by Gasteiger charge is 2.06. The van der Waals surface area contributed by atoms with E-state index in [-0.39, 0.29) is 24.1 Å². The largest absolute Gasteiger partial charge is 0.377 e. The standard InChI is InChI=1S/C17H36N4O4/c1-14(21-16(3)22)13-24-10-11-25-15(2)12-20-17(23)19-9-7-5-6-8-18-4/h14-15,18H,5-13H2,1-4H3,(H,21,22)(H2,19,20,23). The Hall–Kier alpha value is -1.38. The Kier molecular flexibility index (Phi) is 15.2. The molecule has 2 atom stereocenters. The Morgan fingerprint density at radius 2 is 1.72 bits per heavy atom. The molecule has 0 aromatic heterocycles. The van der Waals surface area contributed by atoms with Gasteiger partial charge in [-0.2, -0.15) is 0 Å². The smallest absolute Gasteiger partial charge is 0.314 e. The Balaban J connectivity index is 3.46. The second kappa shape index (κ2) is 16.1. The molecule has 8 heteroatoms. The molecule has 0 fully saturated rings. The van der Waals surface area contributed by atoms with Crippen LogP contribution in [0.1, 0.15) is 40.0 Å². The minimum atomic E-state index is -0.163. The van der Waals surface area contributed by atoms with E-state index >= 15 is 0 Å². The maximum Gasteiger partial charge on any atom is 0.314 e. The van der Waals surface area contributed by atoms with Gasteiger partial charge >= 0.3 is 6.03 Å². The van der Waals surface area contributed by atoms with Crippen LogP contribution in [0.15, 0.2) is 0 Å². The van der Waals surface area contributed by atoms with E-state index in [9.17, 15) is 9.59 Å². The molecule has 8 nitrogen and oxygen atoms in total. The van der Waals surface area contributed by atoms with Crippen LogP contribution >= 0.6 is 0 Å². The first-order chi connectivity index (χ1) is 12.0. The summed E-state index contributed by atoms with van der Waals surface area (Å²) in [7, 11) is 1.94. The molecule has 148 valence electrons. The van der Waals surface area contributed by atoms with Gasteiger partial charge in [0.2, 0.25) is 5.91 Å². The van der Waals surface area contributed by atoms with E-state index in [4.69, 9.17) is 9.47 Å². The topological polar surface area (TPSA) is 101 Å². The number of rotatable bonds is 15. The lowest BCUT2D eigenvalue weighted by molar-refractivity contribution is -0.120. The highest BCUT2D eigenvalue weighted by molar-refractivity contribution is 5.73. The highest BCUT2D eigenvalue weighted by Crippen LogP contribution is 1.93. The first kappa shape index (κ1) is 23.6. The van der Waals surface area contributed by atoms with Crippen molar-refractivity contribution in [2.24, 2.45) is 0 Å². The molecule has 0 saturated heterocycles. The van der Waals surface area contributed by atoms with Gasteiger partial charge in [0.15, 0.2) is 0 Å². The van der Waals surface area contributed by atoms with Gasteiger partial charge in [0.25, 0.3) is 0 Å². The monoisotopic (exact) mass is 360 g/mol. The van der Waals surface area contributed by atoms with Crippen LogP contribution in [-0.2, 0) is 14.3 Å². The third-order valence-electron chi connectivity index (χ3n) is 3.39. The van der Waals surface area contributed by atoms with Crippen molar-refractivity contribution in [1.82, 2.24) is 21.3 Å². The van der Waals surface area contributed by atoms with Crippen LogP contribution in [0.4, 0.5) is 4.79 Å². The van der Waals surface area contributed by atoms with E-state index in [2.05, 4.69) is 21.3 Å². The van der Waals surface area contributed by atoms with Crippen LogP contribution in [0.2, 0.25) is 0 Å². The molecule has 25 heavy (non-hydrogen) atoms. The van der Waals surface area contributed by atoms with E-state index in [1.165, 1.54) is 6.92 Å². The summed E-state index contributed by atoms with van der Waals surface area (Å²) in [4.78, 5) is 22.5. The van der Waals surface area contributed by atoms with Crippen molar-refractivity contribution in [2.45, 2.75) is 52.2 Å². The van der Waals surface area contributed by atoms with Gasteiger partial charge in [-0.1, -0.05) is 6.42 Å². The number of amides is 3. The Morgan fingerprint density at radius 3 is 2.40 bits per heavy atom. The van der Waals surface area contributed by atoms with Gasteiger partial charge in [-0.05, 0) is 40.3 Å². The Morgan fingerprint density at radius 1 is 1.00 bits per heavy atom. The van der Waals surface area contributed by atoms with E-state index < -0.39 is 0 Å². The minimum Gasteiger partial charge on any atom is -0.377 e. The molecule has 0 bridgehead atoms. The maximum atomic E-state index is 11.6. The fraction of sp³-hybridized carbons (Fsp3) is 0.882. The molecule has 0 radical (unpaired) electrons. The van der Waals surface area contributed by atoms with E-state index in [1.807, 2.05) is 20.9 Å². The van der Waals surface area contributed by atoms with Crippen LogP contribution < -0.4 is 21.3 Å². The summed E-state index contributed by atoms with van der Waals surface area (Å²) in [6.07, 6.45) is 3.12. The predicted molar refractivity (Wildman–Crippen MR) is 98.7 cm³/mol. The molecule has 0 aliphatic heterocycles. The van der Waals surface area contributed by atoms with Gasteiger partial charge in [-0.3, -0.25) is 4.79 Å². The third-order valence-corrected chi connectivity index (χ3v) is 3.39. The van der Waals surface area contributed by atoms with Crippen molar-refractivity contribution in [1.29, 1.82) is 0 Å². The number of hydrogen-bond acceptors (Lipinski definition) is 5. The SMILES string of the molecule is CNCCCCCNC(=O)NCC(C)OCCOCC(C)NC(C)=O. The van der Waals surface area contributed by atoms with Crippen LogP contribution in [0, 0.1) is 0 Å². The van der Waals surface area contributed by atoms with Gasteiger partial charge in [0.1, 0.15) is 0 Å². The number of nitrogens with one attached hydrogen (secondary N) is 4. The third kappa shape index (κ3) is 17.2. The van der Waals surface area contributed by atoms with Crippen LogP contribution in [0.5, 0.6) is 0 Å². The number of urea groups is 1. The zero-order chi connectivity index (χ0) is 18.9. The lowest BCUT2D eigenvalue weighted by atomic mass is 10.2. The lowest BCUT2D eigenvalue weighted by Crippen LogP contribution is -2.40. The molecule has 2 unspecified atom stereocenters. The maximum absolute atomic E-state index is 11.6. The van der Waals surface area contributed by atoms with Gasteiger partial charge in [0.05, 0.1) is 25.9 Å². The number of carbonyl (C=O) groups excluding carboxylic acids is 2. The van der Waals surface area contributed by atoms with Crippen molar-refractivity contribution >= 4 is 11.9 Å². The van der Waals surface area contributed by atoms with Crippen molar-refractivity contribution in [3.63, 3.8) is 0 Å². The molecular weight excluding hydrogens is 324 g/mol. The summed E-state index contributed by atoms with van der Waals surface area (Å²) >= 11 is 0. The van der Waals surface area contributed by atoms with Crippen LogP contribution in [-0.4, -0.2) is 70.6 Å². The molecule has 0 aromatic rings. The average Bonchev–Trinajstić information content (AvgIpc) is 2.55. The zero-order valence-corrected chi connectivity index (χ0v) is 16.2. The molecule has 3 amide bonds. The zero-order valence-electron chi connectivity index (χ0n) is 16.2. The first-order valence-electron chi connectivity index (χ1n) is 9.08. The number of ether oxygens (including phenoxy) is 2. The fourth-order valence-corrected chi connectivity index (χ4v) is 2.12. The average molecular weight is 360 g/mol. The highest BCUT2D eigenvalue weighted by atomic mass is 16.5. The molecular formula is C17H36N4O4. The summed E-state index contributed by atoms with van der Waals surface area (Å²) in [5.74, 6) is -0.0664. The van der Waals surface area contributed by atoms with Gasteiger partial charge < -0.3 is 30.7 Å². The van der Waals surface area contributed by atoms with E-state index in [0.29, 0.717) is 32.9 Å². The predicted octanol–water partition coefficient (Wildman–Crippen LogP) is 0.622. The molecule has 0 saturated carbocycles.